The van der Waals surface area contributed by atoms with E-state index >= 15 is 0 Å². The van der Waals surface area contributed by atoms with Gasteiger partial charge in [-0.15, -0.1) is 0 Å². The summed E-state index contributed by atoms with van der Waals surface area (Å²) in [4.78, 5) is 72.9. The molecule has 576 valence electrons. The maximum atomic E-state index is 13.1. The zero-order valence-electron chi connectivity index (χ0n) is 63.5. The minimum Gasteiger partial charge on any atom is -0.462 e. The number of ether oxygens (including phenoxy) is 4. The van der Waals surface area contributed by atoms with Crippen molar-refractivity contribution >= 4 is 39.5 Å². The average molecular weight is 1420 g/mol. The van der Waals surface area contributed by atoms with Crippen molar-refractivity contribution in [3.05, 3.63) is 0 Å². The summed E-state index contributed by atoms with van der Waals surface area (Å²) in [6.45, 7) is 11.8. The van der Waals surface area contributed by atoms with E-state index in [0.29, 0.717) is 31.6 Å². The number of unbranched alkanes of at least 4 members (excludes halogenated alkanes) is 44. The van der Waals surface area contributed by atoms with E-state index in [1.165, 1.54) is 205 Å². The number of aliphatic hydroxyl groups is 1. The molecule has 0 aromatic rings. The van der Waals surface area contributed by atoms with Gasteiger partial charge >= 0.3 is 39.5 Å². The second-order valence-electron chi connectivity index (χ2n) is 29.5. The van der Waals surface area contributed by atoms with Gasteiger partial charge in [0, 0.05) is 25.7 Å². The van der Waals surface area contributed by atoms with Crippen molar-refractivity contribution in [3.63, 3.8) is 0 Å². The van der Waals surface area contributed by atoms with E-state index in [9.17, 15) is 43.2 Å². The molecule has 0 rings (SSSR count). The Bertz CT molecular complexity index is 1890. The summed E-state index contributed by atoms with van der Waals surface area (Å²) in [6.07, 6.45) is 55.7. The van der Waals surface area contributed by atoms with Gasteiger partial charge in [-0.25, -0.2) is 9.13 Å². The van der Waals surface area contributed by atoms with Crippen LogP contribution >= 0.6 is 15.6 Å². The number of carbonyl (C=O) groups is 4. The zero-order valence-corrected chi connectivity index (χ0v) is 65.3. The third-order valence-corrected chi connectivity index (χ3v) is 20.0. The molecule has 17 nitrogen and oxygen atoms in total. The number of hydrogen-bond acceptors (Lipinski definition) is 15. The standard InChI is InChI=1S/C78H152O17P2/c1-8-9-10-11-12-13-14-15-16-17-18-19-20-21-22-27-32-39-47-54-61-77(82)94-73(65-88-75(80)59-52-45-38-31-26-24-23-25-29-35-42-49-56-69(2)3)67-92-96(84,85)90-63-72(79)64-91-97(86,87)93-68-74(66-89-76(81)60-53-46-41-34-37-44-51-58-71(6)7)95-78(83)62-55-48-40-33-28-30-36-43-50-57-70(4)5/h69-74,79H,8-68H2,1-7H3,(H,84,85)(H,86,87)/t72-,73-,74-/m1/s1. The minimum atomic E-state index is -4.96. The van der Waals surface area contributed by atoms with Gasteiger partial charge in [0.25, 0.3) is 0 Å². The molecule has 0 saturated heterocycles. The lowest BCUT2D eigenvalue weighted by Gasteiger charge is -2.21. The normalized spacial score (nSPS) is 14.0. The van der Waals surface area contributed by atoms with Crippen molar-refractivity contribution in [2.45, 2.75) is 420 Å². The number of phosphoric acid groups is 2. The molecule has 0 bridgehead atoms. The van der Waals surface area contributed by atoms with E-state index in [2.05, 4.69) is 48.5 Å². The second kappa shape index (κ2) is 68.5. The maximum absolute atomic E-state index is 13.1. The Kier molecular flexibility index (Phi) is 67.1. The Balaban J connectivity index is 5.22. The van der Waals surface area contributed by atoms with Crippen LogP contribution in [0.15, 0.2) is 0 Å². The Labute approximate surface area is 594 Å². The number of carbonyl (C=O) groups excluding carboxylic acids is 4. The number of aliphatic hydroxyl groups excluding tert-OH is 1. The van der Waals surface area contributed by atoms with Crippen molar-refractivity contribution in [1.82, 2.24) is 0 Å². The van der Waals surface area contributed by atoms with Gasteiger partial charge in [-0.1, -0.05) is 350 Å². The molecule has 0 aromatic heterocycles. The number of hydrogen-bond donors (Lipinski definition) is 3. The van der Waals surface area contributed by atoms with Crippen LogP contribution in [0.2, 0.25) is 0 Å². The van der Waals surface area contributed by atoms with E-state index in [4.69, 9.17) is 37.0 Å². The highest BCUT2D eigenvalue weighted by molar-refractivity contribution is 7.47. The molecule has 0 amide bonds. The third kappa shape index (κ3) is 72.2. The largest absolute Gasteiger partial charge is 0.472 e. The molecule has 0 spiro atoms. The average Bonchev–Trinajstić information content (AvgIpc) is 1.28. The fourth-order valence-corrected chi connectivity index (χ4v) is 13.5. The molecule has 0 aromatic carbocycles. The smallest absolute Gasteiger partial charge is 0.462 e. The second-order valence-corrected chi connectivity index (χ2v) is 32.4. The van der Waals surface area contributed by atoms with Gasteiger partial charge in [-0.3, -0.25) is 37.3 Å². The van der Waals surface area contributed by atoms with Gasteiger partial charge in [0.1, 0.15) is 19.3 Å². The van der Waals surface area contributed by atoms with Gasteiger partial charge in [-0.05, 0) is 43.4 Å². The van der Waals surface area contributed by atoms with Crippen molar-refractivity contribution in [2.75, 3.05) is 39.6 Å². The van der Waals surface area contributed by atoms with E-state index in [0.717, 1.165) is 108 Å². The van der Waals surface area contributed by atoms with Crippen molar-refractivity contribution in [3.8, 4) is 0 Å². The van der Waals surface area contributed by atoms with Crippen LogP contribution in [-0.2, 0) is 65.4 Å². The Morgan fingerprint density at radius 3 is 0.701 bits per heavy atom. The summed E-state index contributed by atoms with van der Waals surface area (Å²) in [5.41, 5.74) is 0. The molecule has 0 fully saturated rings. The highest BCUT2D eigenvalue weighted by atomic mass is 31.2. The molecular formula is C78H152O17P2. The van der Waals surface area contributed by atoms with Crippen LogP contribution in [0.1, 0.15) is 402 Å². The van der Waals surface area contributed by atoms with E-state index in [1.54, 1.807) is 0 Å². The van der Waals surface area contributed by atoms with Gasteiger partial charge in [0.2, 0.25) is 0 Å². The minimum absolute atomic E-state index is 0.104. The first kappa shape index (κ1) is 95.1. The fraction of sp³-hybridized carbons (Fsp3) is 0.949. The quantitative estimate of drug-likeness (QED) is 0.0222. The first-order valence-corrected chi connectivity index (χ1v) is 43.3. The molecule has 5 atom stereocenters. The zero-order chi connectivity index (χ0) is 71.6. The number of phosphoric ester groups is 2. The highest BCUT2D eigenvalue weighted by Gasteiger charge is 2.30. The van der Waals surface area contributed by atoms with Crippen LogP contribution in [0.5, 0.6) is 0 Å². The molecule has 3 N–H and O–H groups in total. The van der Waals surface area contributed by atoms with Crippen molar-refractivity contribution < 1.29 is 80.2 Å². The molecule has 0 radical (unpaired) electrons. The molecule has 19 heteroatoms. The first-order chi connectivity index (χ1) is 46.7. The molecule has 0 saturated carbocycles. The lowest BCUT2D eigenvalue weighted by molar-refractivity contribution is -0.161. The number of esters is 4. The van der Waals surface area contributed by atoms with Crippen LogP contribution in [0.4, 0.5) is 0 Å². The van der Waals surface area contributed by atoms with Crippen LogP contribution in [0.3, 0.4) is 0 Å². The Morgan fingerprint density at radius 1 is 0.278 bits per heavy atom. The number of rotatable bonds is 76. The fourth-order valence-electron chi connectivity index (χ4n) is 12.0. The Hall–Kier alpha value is -1.94. The molecule has 0 aliphatic carbocycles. The molecule has 0 heterocycles. The highest BCUT2D eigenvalue weighted by Crippen LogP contribution is 2.45. The van der Waals surface area contributed by atoms with Crippen molar-refractivity contribution in [2.24, 2.45) is 17.8 Å². The topological polar surface area (TPSA) is 237 Å². The summed E-state index contributed by atoms with van der Waals surface area (Å²) in [7, 11) is -9.91. The molecule has 2 unspecified atom stereocenters. The molecule has 0 aliphatic rings. The first-order valence-electron chi connectivity index (χ1n) is 40.3. The third-order valence-electron chi connectivity index (χ3n) is 18.1. The van der Waals surface area contributed by atoms with Gasteiger partial charge < -0.3 is 33.8 Å². The SMILES string of the molecule is CCCCCCCCCCCCCCCCCCCCCCC(=O)O[C@H](COC(=O)CCCCCCCCCCCCCCC(C)C)COP(=O)(O)OC[C@@H](O)COP(=O)(O)OC[C@@H](COC(=O)CCCCCCCCCC(C)C)OC(=O)CCCCCCCCCCCC(C)C. The van der Waals surface area contributed by atoms with Crippen LogP contribution < -0.4 is 0 Å². The van der Waals surface area contributed by atoms with Gasteiger partial charge in [-0.2, -0.15) is 0 Å². The predicted molar refractivity (Wildman–Crippen MR) is 395 cm³/mol. The summed E-state index contributed by atoms with van der Waals surface area (Å²) in [5, 5.41) is 10.6. The monoisotopic (exact) mass is 1420 g/mol. The van der Waals surface area contributed by atoms with Crippen LogP contribution in [-0.4, -0.2) is 96.7 Å². The van der Waals surface area contributed by atoms with Crippen LogP contribution in [0.25, 0.3) is 0 Å². The summed E-state index contributed by atoms with van der Waals surface area (Å²) < 4.78 is 68.6. The lowest BCUT2D eigenvalue weighted by atomic mass is 10.0. The van der Waals surface area contributed by atoms with E-state index in [1.807, 2.05) is 0 Å². The van der Waals surface area contributed by atoms with E-state index in [-0.39, 0.29) is 25.7 Å². The predicted octanol–water partition coefficient (Wildman–Crippen LogP) is 23.0. The van der Waals surface area contributed by atoms with E-state index < -0.39 is 97.5 Å². The Morgan fingerprint density at radius 2 is 0.474 bits per heavy atom. The lowest BCUT2D eigenvalue weighted by Crippen LogP contribution is -2.30. The summed E-state index contributed by atoms with van der Waals surface area (Å²) in [6, 6.07) is 0. The van der Waals surface area contributed by atoms with Gasteiger partial charge in [0.15, 0.2) is 12.2 Å². The molecule has 0 aliphatic heterocycles. The molecular weight excluding hydrogens is 1270 g/mol. The van der Waals surface area contributed by atoms with Crippen molar-refractivity contribution in [1.29, 1.82) is 0 Å². The summed E-state index contributed by atoms with van der Waals surface area (Å²) >= 11 is 0. The maximum Gasteiger partial charge on any atom is 0.472 e. The van der Waals surface area contributed by atoms with Crippen LogP contribution in [0, 0.1) is 17.8 Å². The molecule has 97 heavy (non-hydrogen) atoms. The van der Waals surface area contributed by atoms with Gasteiger partial charge in [0.05, 0.1) is 26.4 Å². The summed E-state index contributed by atoms with van der Waals surface area (Å²) in [5.74, 6) is 0.106.